The largest absolute Gasteiger partial charge is 0.466 e. The van der Waals surface area contributed by atoms with Gasteiger partial charge < -0.3 is 9.47 Å². The summed E-state index contributed by atoms with van der Waals surface area (Å²) in [6, 6.07) is 0. The lowest BCUT2D eigenvalue weighted by Crippen LogP contribution is -2.17. The molecule has 0 aliphatic heterocycles. The molecule has 0 aliphatic carbocycles. The van der Waals surface area contributed by atoms with E-state index in [0.29, 0.717) is 26.1 Å². The minimum Gasteiger partial charge on any atom is -0.466 e. The van der Waals surface area contributed by atoms with Gasteiger partial charge in [0.25, 0.3) is 0 Å². The lowest BCUT2D eigenvalue weighted by molar-refractivity contribution is -0.143. The molecule has 4 nitrogen and oxygen atoms in total. The van der Waals surface area contributed by atoms with Crippen LogP contribution < -0.4 is 0 Å². The summed E-state index contributed by atoms with van der Waals surface area (Å²) in [4.78, 5) is 22.4. The first-order valence-electron chi connectivity index (χ1n) is 6.22. The van der Waals surface area contributed by atoms with Gasteiger partial charge in [0.15, 0.2) is 0 Å². The molecule has 0 atom stereocenters. The van der Waals surface area contributed by atoms with Gasteiger partial charge in [-0.05, 0) is 32.1 Å². The predicted molar refractivity (Wildman–Crippen MR) is 65.5 cm³/mol. The third-order valence-electron chi connectivity index (χ3n) is 2.62. The number of carbonyl (C=O) groups excluding carboxylic acids is 2. The quantitative estimate of drug-likeness (QED) is 0.616. The molecule has 0 rings (SSSR count). The fourth-order valence-electron chi connectivity index (χ4n) is 1.47. The van der Waals surface area contributed by atoms with Gasteiger partial charge in [0.1, 0.15) is 0 Å². The molecule has 0 aromatic carbocycles. The van der Waals surface area contributed by atoms with E-state index in [1.54, 1.807) is 13.8 Å². The molecule has 0 aromatic rings. The molecule has 4 heteroatoms. The molecule has 0 aliphatic rings. The molecular formula is C13H24O4. The first-order valence-corrected chi connectivity index (χ1v) is 6.22. The van der Waals surface area contributed by atoms with Crippen molar-refractivity contribution in [2.45, 2.75) is 53.4 Å². The second-order valence-electron chi connectivity index (χ2n) is 4.77. The molecule has 0 unspecified atom stereocenters. The highest BCUT2D eigenvalue weighted by Crippen LogP contribution is 2.28. The number of hydrogen-bond donors (Lipinski definition) is 0. The van der Waals surface area contributed by atoms with Crippen LogP contribution in [-0.2, 0) is 19.1 Å². The Morgan fingerprint density at radius 2 is 1.24 bits per heavy atom. The number of esters is 2. The number of ether oxygens (including phenoxy) is 2. The average Bonchev–Trinajstić information content (AvgIpc) is 2.25. The highest BCUT2D eigenvalue weighted by atomic mass is 16.5. The normalized spacial score (nSPS) is 11.1. The van der Waals surface area contributed by atoms with Gasteiger partial charge in [-0.15, -0.1) is 0 Å². The van der Waals surface area contributed by atoms with E-state index in [9.17, 15) is 9.59 Å². The number of carbonyl (C=O) groups is 2. The van der Waals surface area contributed by atoms with Crippen molar-refractivity contribution in [1.82, 2.24) is 0 Å². The van der Waals surface area contributed by atoms with Gasteiger partial charge in [0.05, 0.1) is 13.2 Å². The van der Waals surface area contributed by atoms with Crippen molar-refractivity contribution in [2.24, 2.45) is 5.41 Å². The highest BCUT2D eigenvalue weighted by molar-refractivity contribution is 5.70. The summed E-state index contributed by atoms with van der Waals surface area (Å²) in [5.41, 5.74) is -0.0421. The van der Waals surface area contributed by atoms with Gasteiger partial charge in [0.2, 0.25) is 0 Å². The van der Waals surface area contributed by atoms with Crippen LogP contribution in [0.1, 0.15) is 53.4 Å². The molecule has 0 radical (unpaired) electrons. The summed E-state index contributed by atoms with van der Waals surface area (Å²) >= 11 is 0. The molecule has 0 spiro atoms. The van der Waals surface area contributed by atoms with E-state index >= 15 is 0 Å². The van der Waals surface area contributed by atoms with E-state index in [1.807, 2.05) is 13.8 Å². The van der Waals surface area contributed by atoms with Gasteiger partial charge in [-0.1, -0.05) is 13.8 Å². The van der Waals surface area contributed by atoms with Crippen LogP contribution in [0.15, 0.2) is 0 Å². The van der Waals surface area contributed by atoms with E-state index in [-0.39, 0.29) is 17.4 Å². The maximum absolute atomic E-state index is 11.2. The third kappa shape index (κ3) is 8.72. The van der Waals surface area contributed by atoms with Crippen LogP contribution in [0, 0.1) is 5.41 Å². The van der Waals surface area contributed by atoms with Crippen molar-refractivity contribution in [3.8, 4) is 0 Å². The lowest BCUT2D eigenvalue weighted by atomic mass is 9.83. The summed E-state index contributed by atoms with van der Waals surface area (Å²) in [6.45, 7) is 8.52. The van der Waals surface area contributed by atoms with E-state index < -0.39 is 0 Å². The lowest BCUT2D eigenvalue weighted by Gasteiger charge is -2.23. The Bertz CT molecular complexity index is 222. The first kappa shape index (κ1) is 15.9. The Kier molecular flexibility index (Phi) is 7.59. The molecule has 0 N–H and O–H groups in total. The number of rotatable bonds is 8. The molecule has 0 heterocycles. The van der Waals surface area contributed by atoms with Gasteiger partial charge in [0, 0.05) is 12.8 Å². The van der Waals surface area contributed by atoms with Crippen molar-refractivity contribution in [3.63, 3.8) is 0 Å². The molecule has 100 valence electrons. The minimum atomic E-state index is -0.170. The Balaban J connectivity index is 3.86. The van der Waals surface area contributed by atoms with Crippen molar-refractivity contribution in [2.75, 3.05) is 13.2 Å². The molecule has 0 saturated carbocycles. The predicted octanol–water partition coefficient (Wildman–Crippen LogP) is 2.70. The highest BCUT2D eigenvalue weighted by Gasteiger charge is 2.21. The summed E-state index contributed by atoms with van der Waals surface area (Å²) in [5.74, 6) is -0.339. The summed E-state index contributed by atoms with van der Waals surface area (Å²) in [6.07, 6.45) is 2.27. The Morgan fingerprint density at radius 1 is 0.882 bits per heavy atom. The second kappa shape index (κ2) is 8.09. The van der Waals surface area contributed by atoms with Crippen LogP contribution in [-0.4, -0.2) is 25.2 Å². The fourth-order valence-corrected chi connectivity index (χ4v) is 1.47. The van der Waals surface area contributed by atoms with E-state index in [2.05, 4.69) is 0 Å². The van der Waals surface area contributed by atoms with Crippen LogP contribution in [0.5, 0.6) is 0 Å². The van der Waals surface area contributed by atoms with Crippen molar-refractivity contribution in [1.29, 1.82) is 0 Å². The van der Waals surface area contributed by atoms with Crippen LogP contribution >= 0.6 is 0 Å². The van der Waals surface area contributed by atoms with Crippen molar-refractivity contribution < 1.29 is 19.1 Å². The van der Waals surface area contributed by atoms with Crippen LogP contribution in [0.3, 0.4) is 0 Å². The average molecular weight is 244 g/mol. The number of hydrogen-bond acceptors (Lipinski definition) is 4. The fraction of sp³-hybridized carbons (Fsp3) is 0.846. The van der Waals surface area contributed by atoms with Crippen LogP contribution in [0.4, 0.5) is 0 Å². The zero-order valence-corrected chi connectivity index (χ0v) is 11.4. The summed E-state index contributed by atoms with van der Waals surface area (Å²) < 4.78 is 9.74. The van der Waals surface area contributed by atoms with E-state index in [4.69, 9.17) is 9.47 Å². The monoisotopic (exact) mass is 244 g/mol. The van der Waals surface area contributed by atoms with Gasteiger partial charge in [-0.25, -0.2) is 0 Å². The SMILES string of the molecule is CCOC(=O)CCC(C)(C)CCC(=O)OCC. The van der Waals surface area contributed by atoms with Gasteiger partial charge in [-0.2, -0.15) is 0 Å². The molecule has 0 saturated heterocycles. The van der Waals surface area contributed by atoms with E-state index in [1.165, 1.54) is 0 Å². The standard InChI is InChI=1S/C13H24O4/c1-5-16-11(14)7-9-13(3,4)10-8-12(15)17-6-2/h5-10H2,1-4H3. The Morgan fingerprint density at radius 3 is 1.53 bits per heavy atom. The first-order chi connectivity index (χ1) is 7.91. The molecule has 0 fully saturated rings. The summed E-state index contributed by atoms with van der Waals surface area (Å²) in [5, 5.41) is 0. The maximum Gasteiger partial charge on any atom is 0.305 e. The molecule has 0 amide bonds. The second-order valence-corrected chi connectivity index (χ2v) is 4.77. The molecular weight excluding hydrogens is 220 g/mol. The molecule has 0 bridgehead atoms. The molecule has 0 aromatic heterocycles. The Labute approximate surface area is 104 Å². The summed E-state index contributed by atoms with van der Waals surface area (Å²) in [7, 11) is 0. The van der Waals surface area contributed by atoms with Crippen LogP contribution in [0.25, 0.3) is 0 Å². The van der Waals surface area contributed by atoms with Gasteiger partial charge in [-0.3, -0.25) is 9.59 Å². The van der Waals surface area contributed by atoms with Crippen molar-refractivity contribution in [3.05, 3.63) is 0 Å². The van der Waals surface area contributed by atoms with Gasteiger partial charge >= 0.3 is 11.9 Å². The van der Waals surface area contributed by atoms with Crippen molar-refractivity contribution >= 4 is 11.9 Å². The zero-order valence-electron chi connectivity index (χ0n) is 11.4. The zero-order chi connectivity index (χ0) is 13.3. The van der Waals surface area contributed by atoms with E-state index in [0.717, 1.165) is 12.8 Å². The maximum atomic E-state index is 11.2. The van der Waals surface area contributed by atoms with Crippen LogP contribution in [0.2, 0.25) is 0 Å². The smallest absolute Gasteiger partial charge is 0.305 e. The Hall–Kier alpha value is -1.06. The topological polar surface area (TPSA) is 52.6 Å². The molecule has 17 heavy (non-hydrogen) atoms. The minimum absolute atomic E-state index is 0.0421. The third-order valence-corrected chi connectivity index (χ3v) is 2.62.